The number of hydrogen-bond acceptors (Lipinski definition) is 7. The number of carbonyl (C=O) groups is 1. The smallest absolute Gasteiger partial charge is 0.270 e. The van der Waals surface area contributed by atoms with E-state index in [9.17, 15) is 13.6 Å². The van der Waals surface area contributed by atoms with Gasteiger partial charge in [0, 0.05) is 43.2 Å². The summed E-state index contributed by atoms with van der Waals surface area (Å²) in [5.74, 6) is -2.51. The van der Waals surface area contributed by atoms with Gasteiger partial charge in [0.25, 0.3) is 5.92 Å². The maximum absolute atomic E-state index is 13.5. The van der Waals surface area contributed by atoms with Crippen LogP contribution < -0.4 is 5.73 Å². The van der Waals surface area contributed by atoms with Crippen molar-refractivity contribution < 1.29 is 23.0 Å². The van der Waals surface area contributed by atoms with Crippen molar-refractivity contribution in [3.05, 3.63) is 64.7 Å². The van der Waals surface area contributed by atoms with Gasteiger partial charge in [-0.1, -0.05) is 36.4 Å². The monoisotopic (exact) mass is 487 g/mol. The minimum absolute atomic E-state index is 0.0146. The predicted molar refractivity (Wildman–Crippen MR) is 127 cm³/mol. The van der Waals surface area contributed by atoms with Crippen LogP contribution in [0.4, 0.5) is 8.78 Å². The first-order chi connectivity index (χ1) is 16.8. The molecular formula is C25H31F2N5O3. The highest BCUT2D eigenvalue weighted by molar-refractivity contribution is 5.97. The minimum Gasteiger partial charge on any atom is -0.379 e. The van der Waals surface area contributed by atoms with Crippen molar-refractivity contribution in [2.45, 2.75) is 32.1 Å². The van der Waals surface area contributed by atoms with E-state index < -0.39 is 5.92 Å². The van der Waals surface area contributed by atoms with E-state index in [1.807, 2.05) is 6.07 Å². The number of ketones is 1. The fourth-order valence-corrected chi connectivity index (χ4v) is 3.52. The van der Waals surface area contributed by atoms with Crippen molar-refractivity contribution in [2.24, 2.45) is 12.8 Å². The highest BCUT2D eigenvalue weighted by atomic mass is 19.3. The van der Waals surface area contributed by atoms with Gasteiger partial charge in [0.1, 0.15) is 0 Å². The van der Waals surface area contributed by atoms with Crippen LogP contribution in [0.5, 0.6) is 0 Å². The van der Waals surface area contributed by atoms with Crippen LogP contribution >= 0.6 is 0 Å². The molecular weight excluding hydrogens is 456 g/mol. The zero-order valence-electron chi connectivity index (χ0n) is 20.0. The van der Waals surface area contributed by atoms with Gasteiger partial charge in [-0.25, -0.2) is 8.78 Å². The molecule has 0 aliphatic heterocycles. The highest BCUT2D eigenvalue weighted by Gasteiger charge is 2.23. The lowest BCUT2D eigenvalue weighted by molar-refractivity contribution is 0.0174. The van der Waals surface area contributed by atoms with Crippen molar-refractivity contribution in [2.75, 3.05) is 33.0 Å². The quantitative estimate of drug-likeness (QED) is 0.274. The van der Waals surface area contributed by atoms with Gasteiger partial charge < -0.3 is 15.2 Å². The Kier molecular flexibility index (Phi) is 9.53. The van der Waals surface area contributed by atoms with Crippen molar-refractivity contribution in [3.8, 4) is 11.4 Å². The summed E-state index contributed by atoms with van der Waals surface area (Å²) in [5, 5.41) is 12.3. The molecule has 0 fully saturated rings. The Bertz CT molecular complexity index is 1100. The van der Waals surface area contributed by atoms with Crippen molar-refractivity contribution >= 4 is 5.78 Å². The van der Waals surface area contributed by atoms with Crippen LogP contribution in [0.15, 0.2) is 42.5 Å². The molecule has 8 nitrogen and oxygen atoms in total. The molecule has 0 aliphatic rings. The minimum atomic E-state index is -2.89. The Morgan fingerprint density at radius 1 is 1.06 bits per heavy atom. The summed E-state index contributed by atoms with van der Waals surface area (Å²) in [7, 11) is 1.66. The lowest BCUT2D eigenvalue weighted by atomic mass is 9.94. The second kappa shape index (κ2) is 12.6. The Morgan fingerprint density at radius 2 is 1.77 bits per heavy atom. The largest absolute Gasteiger partial charge is 0.379 e. The molecule has 1 heterocycles. The molecule has 0 saturated carbocycles. The molecule has 188 valence electrons. The second-order valence-corrected chi connectivity index (χ2v) is 8.28. The van der Waals surface area contributed by atoms with E-state index in [0.29, 0.717) is 69.2 Å². The van der Waals surface area contributed by atoms with Crippen LogP contribution in [0.25, 0.3) is 11.4 Å². The second-order valence-electron chi connectivity index (χ2n) is 8.28. The van der Waals surface area contributed by atoms with E-state index in [1.165, 1.54) is 16.9 Å². The van der Waals surface area contributed by atoms with E-state index >= 15 is 0 Å². The average Bonchev–Trinajstić information content (AvgIpc) is 3.26. The number of alkyl halides is 2. The van der Waals surface area contributed by atoms with E-state index in [4.69, 9.17) is 15.2 Å². The number of hydrogen-bond donors (Lipinski definition) is 1. The van der Waals surface area contributed by atoms with Gasteiger partial charge in [0.05, 0.1) is 26.9 Å². The number of aryl methyl sites for hydroxylation is 1. The Balaban J connectivity index is 1.68. The fraction of sp³-hybridized carbons (Fsp3) is 0.440. The van der Waals surface area contributed by atoms with Gasteiger partial charge in [-0.15, -0.1) is 10.2 Å². The third-order valence-electron chi connectivity index (χ3n) is 5.36. The van der Waals surface area contributed by atoms with Crippen LogP contribution in [0.1, 0.15) is 46.8 Å². The summed E-state index contributed by atoms with van der Waals surface area (Å²) in [4.78, 5) is 14.1. The Labute approximate surface area is 203 Å². The highest BCUT2D eigenvalue weighted by Crippen LogP contribution is 2.29. The van der Waals surface area contributed by atoms with Gasteiger partial charge in [-0.05, 0) is 35.2 Å². The summed E-state index contributed by atoms with van der Waals surface area (Å²) in [6.07, 6.45) is 1.39. The Morgan fingerprint density at radius 3 is 2.40 bits per heavy atom. The number of tetrazole rings is 1. The lowest BCUT2D eigenvalue weighted by Gasteiger charge is -2.12. The fourth-order valence-electron chi connectivity index (χ4n) is 3.52. The van der Waals surface area contributed by atoms with Crippen molar-refractivity contribution in [3.63, 3.8) is 0 Å². The molecule has 0 radical (unpaired) electrons. The molecule has 2 N–H and O–H groups in total. The van der Waals surface area contributed by atoms with Gasteiger partial charge >= 0.3 is 0 Å². The molecule has 0 unspecified atom stereocenters. The van der Waals surface area contributed by atoms with Gasteiger partial charge in [0.2, 0.25) is 5.82 Å². The first-order valence-corrected chi connectivity index (χ1v) is 11.5. The molecule has 0 saturated heterocycles. The first-order valence-electron chi connectivity index (χ1n) is 11.5. The average molecular weight is 488 g/mol. The van der Waals surface area contributed by atoms with Gasteiger partial charge in [0.15, 0.2) is 5.78 Å². The number of nitrogens with zero attached hydrogens (tertiary/aromatic N) is 4. The summed E-state index contributed by atoms with van der Waals surface area (Å²) in [6, 6.07) is 11.6. The third-order valence-corrected chi connectivity index (χ3v) is 5.36. The van der Waals surface area contributed by atoms with Crippen LogP contribution in [0.3, 0.4) is 0 Å². The number of nitrogens with two attached hydrogens (primary N) is 1. The van der Waals surface area contributed by atoms with Gasteiger partial charge in [-0.3, -0.25) is 4.79 Å². The van der Waals surface area contributed by atoms with Crippen molar-refractivity contribution in [1.82, 2.24) is 20.2 Å². The first kappa shape index (κ1) is 26.5. The number of aromatic nitrogens is 4. The number of Topliss-reactive ketones (excluding diaryl/α,β-unsaturated/α-hetero) is 1. The van der Waals surface area contributed by atoms with Crippen LogP contribution in [0.2, 0.25) is 0 Å². The summed E-state index contributed by atoms with van der Waals surface area (Å²) >= 11 is 0. The summed E-state index contributed by atoms with van der Waals surface area (Å²) in [5.41, 5.74) is 8.27. The molecule has 0 bridgehead atoms. The van der Waals surface area contributed by atoms with E-state index in [1.54, 1.807) is 31.3 Å². The van der Waals surface area contributed by atoms with Crippen LogP contribution in [0, 0.1) is 0 Å². The normalized spacial score (nSPS) is 11.7. The van der Waals surface area contributed by atoms with Crippen LogP contribution in [-0.2, 0) is 28.9 Å². The van der Waals surface area contributed by atoms with Gasteiger partial charge in [-0.2, -0.15) is 4.80 Å². The number of ether oxygens (including phenoxy) is 2. The number of halogens is 2. The SMILES string of the molecule is Cn1nnc(-c2cc(C(=O)CCCOCCOCCN)ccc2Cc2ccc(C(C)(F)F)cc2)n1. The molecule has 0 atom stereocenters. The zero-order chi connectivity index (χ0) is 25.3. The molecule has 35 heavy (non-hydrogen) atoms. The molecule has 2 aromatic carbocycles. The summed E-state index contributed by atoms with van der Waals surface area (Å²) in [6.45, 7) is 3.25. The summed E-state index contributed by atoms with van der Waals surface area (Å²) < 4.78 is 37.8. The lowest BCUT2D eigenvalue weighted by Crippen LogP contribution is -2.12. The molecule has 3 aromatic rings. The number of benzene rings is 2. The van der Waals surface area contributed by atoms with E-state index in [2.05, 4.69) is 15.4 Å². The van der Waals surface area contributed by atoms with E-state index in [-0.39, 0.29) is 11.3 Å². The van der Waals surface area contributed by atoms with Crippen molar-refractivity contribution in [1.29, 1.82) is 0 Å². The topological polar surface area (TPSA) is 105 Å². The molecule has 0 aliphatic carbocycles. The molecule has 10 heteroatoms. The van der Waals surface area contributed by atoms with E-state index in [0.717, 1.165) is 18.1 Å². The molecule has 3 rings (SSSR count). The zero-order valence-corrected chi connectivity index (χ0v) is 20.0. The maximum atomic E-state index is 13.5. The molecule has 0 spiro atoms. The predicted octanol–water partition coefficient (Wildman–Crippen LogP) is 3.53. The standard InChI is InChI=1S/C25H31F2N5O3/c1-25(26,27)21-9-5-18(6-10-21)16-19-7-8-20(17-22(19)24-29-31-32(2)30-24)23(33)4-3-12-34-14-15-35-13-11-28/h5-10,17H,3-4,11-16,28H2,1-2H3. The third kappa shape index (κ3) is 7.98. The molecule has 1 aromatic heterocycles. The number of rotatable bonds is 14. The maximum Gasteiger partial charge on any atom is 0.270 e. The number of carbonyl (C=O) groups excluding carboxylic acids is 1. The molecule has 0 amide bonds. The van der Waals surface area contributed by atoms with Crippen LogP contribution in [-0.4, -0.2) is 59.0 Å². The Hall–Kier alpha value is -3.08.